The molecule has 0 saturated carbocycles. The zero-order valence-electron chi connectivity index (χ0n) is 16.1. The molecule has 0 saturated heterocycles. The average molecular weight is 425 g/mol. The molecule has 0 aliphatic heterocycles. The first-order valence-corrected chi connectivity index (χ1v) is 11.4. The van der Waals surface area contributed by atoms with E-state index in [2.05, 4.69) is 11.0 Å². The van der Waals surface area contributed by atoms with Gasteiger partial charge in [-0.15, -0.1) is 22.3 Å². The number of nitrogens with zero attached hydrogens (tertiary/aromatic N) is 2. The lowest BCUT2D eigenvalue weighted by Gasteiger charge is -2.06. The van der Waals surface area contributed by atoms with E-state index in [1.165, 1.54) is 11.3 Å². The van der Waals surface area contributed by atoms with Crippen molar-refractivity contribution in [2.75, 3.05) is 0 Å². The average Bonchev–Trinajstić information content (AvgIpc) is 3.21. The van der Waals surface area contributed by atoms with Crippen molar-refractivity contribution in [3.05, 3.63) is 82.7 Å². The third-order valence-electron chi connectivity index (χ3n) is 4.65. The smallest absolute Gasteiger partial charge is 0.285 e. The third-order valence-corrected chi connectivity index (χ3v) is 6.91. The molecule has 0 atom stereocenters. The lowest BCUT2D eigenvalue weighted by Crippen LogP contribution is -2.17. The van der Waals surface area contributed by atoms with Gasteiger partial charge in [-0.1, -0.05) is 42.0 Å². The molecule has 148 valence electrons. The summed E-state index contributed by atoms with van der Waals surface area (Å²) in [5, 5.41) is 2.89. The monoisotopic (exact) mass is 424 g/mol. The van der Waals surface area contributed by atoms with Crippen LogP contribution in [0, 0.1) is 13.8 Å². The van der Waals surface area contributed by atoms with Gasteiger partial charge < -0.3 is 8.98 Å². The van der Waals surface area contributed by atoms with Gasteiger partial charge in [0.1, 0.15) is 11.3 Å². The normalized spacial score (nSPS) is 12.6. The van der Waals surface area contributed by atoms with Crippen molar-refractivity contribution < 1.29 is 12.8 Å². The van der Waals surface area contributed by atoms with Crippen LogP contribution >= 0.6 is 11.3 Å². The predicted molar refractivity (Wildman–Crippen MR) is 116 cm³/mol. The van der Waals surface area contributed by atoms with Crippen molar-refractivity contribution in [2.45, 2.75) is 25.3 Å². The summed E-state index contributed by atoms with van der Waals surface area (Å²) in [5.41, 5.74) is 3.58. The van der Waals surface area contributed by atoms with Crippen molar-refractivity contribution >= 4 is 32.3 Å². The van der Waals surface area contributed by atoms with Crippen LogP contribution in [0.4, 0.5) is 0 Å². The van der Waals surface area contributed by atoms with Crippen LogP contribution in [0.15, 0.2) is 80.3 Å². The van der Waals surface area contributed by atoms with E-state index < -0.39 is 10.0 Å². The highest BCUT2D eigenvalue weighted by molar-refractivity contribution is 7.90. The lowest BCUT2D eigenvalue weighted by molar-refractivity contribution is 0.579. The summed E-state index contributed by atoms with van der Waals surface area (Å²) in [4.78, 5) is 0.568. The lowest BCUT2D eigenvalue weighted by atomic mass is 10.1. The van der Waals surface area contributed by atoms with Gasteiger partial charge in [-0.25, -0.2) is 0 Å². The molecular weight excluding hydrogens is 404 g/mol. The number of fused-ring (bicyclic) bond motifs is 1. The van der Waals surface area contributed by atoms with E-state index in [1.807, 2.05) is 48.1 Å². The molecule has 0 unspecified atom stereocenters. The molecule has 7 heteroatoms. The second-order valence-corrected chi connectivity index (χ2v) is 9.15. The highest BCUT2D eigenvalue weighted by Gasteiger charge is 2.19. The van der Waals surface area contributed by atoms with Crippen molar-refractivity contribution in [1.82, 2.24) is 4.57 Å². The third kappa shape index (κ3) is 3.59. The molecule has 2 aromatic heterocycles. The predicted octanol–water partition coefficient (Wildman–Crippen LogP) is 5.06. The Morgan fingerprint density at radius 3 is 2.59 bits per heavy atom. The Bertz CT molecular complexity index is 1370. The highest BCUT2D eigenvalue weighted by Crippen LogP contribution is 2.34. The van der Waals surface area contributed by atoms with E-state index >= 15 is 0 Å². The van der Waals surface area contributed by atoms with Gasteiger partial charge in [0.25, 0.3) is 10.0 Å². The molecule has 0 amide bonds. The number of para-hydroxylation sites is 1. The molecule has 5 nitrogen and oxygen atoms in total. The van der Waals surface area contributed by atoms with Crippen LogP contribution in [0.3, 0.4) is 0 Å². The van der Waals surface area contributed by atoms with Crippen LogP contribution in [-0.2, 0) is 16.6 Å². The number of sulfonamides is 1. The maximum atomic E-state index is 12.8. The molecule has 29 heavy (non-hydrogen) atoms. The van der Waals surface area contributed by atoms with Gasteiger partial charge in [0.05, 0.1) is 10.6 Å². The van der Waals surface area contributed by atoms with E-state index in [1.54, 1.807) is 30.3 Å². The summed E-state index contributed by atoms with van der Waals surface area (Å²) in [6.07, 6.45) is 1.73. The zero-order valence-corrected chi connectivity index (χ0v) is 17.8. The fourth-order valence-corrected chi connectivity index (χ4v) is 5.38. The maximum absolute atomic E-state index is 12.8. The minimum Gasteiger partial charge on any atom is -0.461 e. The van der Waals surface area contributed by atoms with Gasteiger partial charge in [-0.05, 0) is 32.0 Å². The standard InChI is InChI=1S/C22H20N2O3S2/c1-4-13-24-19(21-16(3)27-20-8-6-5-7-18(20)21)14-28-22(24)23-29(25,26)17-11-9-15(2)10-12-17/h4-12,14H,1,13H2,2-3H3/b23-22+. The molecular formula is C22H20N2O3S2. The van der Waals surface area contributed by atoms with Crippen LogP contribution < -0.4 is 4.80 Å². The van der Waals surface area contributed by atoms with Crippen LogP contribution in [-0.4, -0.2) is 13.0 Å². The maximum Gasteiger partial charge on any atom is 0.285 e. The molecule has 0 bridgehead atoms. The Balaban J connectivity index is 1.92. The van der Waals surface area contributed by atoms with Gasteiger partial charge in [0.2, 0.25) is 4.80 Å². The number of thiazole rings is 1. The number of furan rings is 1. The highest BCUT2D eigenvalue weighted by atomic mass is 32.2. The largest absolute Gasteiger partial charge is 0.461 e. The van der Waals surface area contributed by atoms with Crippen molar-refractivity contribution in [2.24, 2.45) is 4.40 Å². The van der Waals surface area contributed by atoms with E-state index in [0.717, 1.165) is 33.6 Å². The summed E-state index contributed by atoms with van der Waals surface area (Å²) in [6.45, 7) is 8.07. The molecule has 2 aromatic carbocycles. The fourth-order valence-electron chi connectivity index (χ4n) is 3.26. The van der Waals surface area contributed by atoms with Crippen LogP contribution in [0.1, 0.15) is 11.3 Å². The minimum atomic E-state index is -3.82. The Labute approximate surface area is 173 Å². The summed E-state index contributed by atoms with van der Waals surface area (Å²) < 4.78 is 37.5. The summed E-state index contributed by atoms with van der Waals surface area (Å²) in [5.74, 6) is 0.773. The van der Waals surface area contributed by atoms with E-state index in [9.17, 15) is 8.42 Å². The number of benzene rings is 2. The fraction of sp³-hybridized carbons (Fsp3) is 0.136. The zero-order chi connectivity index (χ0) is 20.6. The molecule has 0 fully saturated rings. The molecule has 0 N–H and O–H groups in total. The summed E-state index contributed by atoms with van der Waals surface area (Å²) in [7, 11) is -3.82. The second kappa shape index (κ2) is 7.50. The molecule has 0 spiro atoms. The SMILES string of the molecule is C=CCn1c(-c2c(C)oc3ccccc23)cs/c1=N/S(=O)(=O)c1ccc(C)cc1. The first kappa shape index (κ1) is 19.4. The molecule has 0 radical (unpaired) electrons. The molecule has 4 rings (SSSR count). The Hall–Kier alpha value is -2.90. The Kier molecular flexibility index (Phi) is 5.02. The number of allylic oxidation sites excluding steroid dienone is 1. The number of hydrogen-bond acceptors (Lipinski definition) is 4. The van der Waals surface area contributed by atoms with Crippen LogP contribution in [0.5, 0.6) is 0 Å². The summed E-state index contributed by atoms with van der Waals surface area (Å²) >= 11 is 1.28. The van der Waals surface area contributed by atoms with Gasteiger partial charge in [0, 0.05) is 22.9 Å². The molecule has 0 aliphatic rings. The van der Waals surface area contributed by atoms with Crippen molar-refractivity contribution in [1.29, 1.82) is 0 Å². The first-order valence-electron chi connectivity index (χ1n) is 9.06. The number of rotatable bonds is 5. The van der Waals surface area contributed by atoms with E-state index in [-0.39, 0.29) is 4.90 Å². The first-order chi connectivity index (χ1) is 13.9. The number of aromatic nitrogens is 1. The van der Waals surface area contributed by atoms with Crippen molar-refractivity contribution in [3.63, 3.8) is 0 Å². The Morgan fingerprint density at radius 1 is 1.14 bits per heavy atom. The number of aryl methyl sites for hydroxylation is 2. The topological polar surface area (TPSA) is 64.6 Å². The van der Waals surface area contributed by atoms with Crippen LogP contribution in [0.2, 0.25) is 0 Å². The van der Waals surface area contributed by atoms with Crippen LogP contribution in [0.25, 0.3) is 22.2 Å². The Morgan fingerprint density at radius 2 is 1.86 bits per heavy atom. The van der Waals surface area contributed by atoms with Gasteiger partial charge in [0.15, 0.2) is 0 Å². The second-order valence-electron chi connectivity index (χ2n) is 6.71. The quantitative estimate of drug-likeness (QED) is 0.421. The van der Waals surface area contributed by atoms with E-state index in [0.29, 0.717) is 11.3 Å². The number of hydrogen-bond donors (Lipinski definition) is 0. The van der Waals surface area contributed by atoms with E-state index in [4.69, 9.17) is 4.42 Å². The molecule has 0 aliphatic carbocycles. The minimum absolute atomic E-state index is 0.174. The van der Waals surface area contributed by atoms with Gasteiger partial charge in [-0.2, -0.15) is 8.42 Å². The summed E-state index contributed by atoms with van der Waals surface area (Å²) in [6, 6.07) is 14.5. The van der Waals surface area contributed by atoms with Gasteiger partial charge >= 0.3 is 0 Å². The molecule has 4 aromatic rings. The van der Waals surface area contributed by atoms with Gasteiger partial charge in [-0.3, -0.25) is 0 Å². The molecule has 2 heterocycles. The van der Waals surface area contributed by atoms with Crippen molar-refractivity contribution in [3.8, 4) is 11.3 Å².